The molecule has 1 aliphatic heterocycles. The molecule has 0 aromatic heterocycles. The van der Waals surface area contributed by atoms with Crippen molar-refractivity contribution in [2.24, 2.45) is 0 Å². The molecular formula is C14H11NO3S. The third kappa shape index (κ3) is 2.18. The average Bonchev–Trinajstić information content (AvgIpc) is 2.43. The summed E-state index contributed by atoms with van der Waals surface area (Å²) in [5.41, 5.74) is 2.18. The fourth-order valence-electron chi connectivity index (χ4n) is 1.97. The second kappa shape index (κ2) is 4.60. The minimum absolute atomic E-state index is 0.374. The van der Waals surface area contributed by atoms with Crippen LogP contribution in [0.1, 0.15) is 11.7 Å². The van der Waals surface area contributed by atoms with Crippen LogP contribution in [-0.2, 0) is 4.79 Å². The molecule has 0 aliphatic carbocycles. The fourth-order valence-corrected chi connectivity index (χ4v) is 2.94. The van der Waals surface area contributed by atoms with E-state index in [0.29, 0.717) is 5.56 Å². The van der Waals surface area contributed by atoms with Crippen LogP contribution >= 0.6 is 11.8 Å². The average molecular weight is 273 g/mol. The van der Waals surface area contributed by atoms with Crippen molar-refractivity contribution in [3.05, 3.63) is 48.0 Å². The van der Waals surface area contributed by atoms with E-state index in [0.717, 1.165) is 21.2 Å². The van der Waals surface area contributed by atoms with Gasteiger partial charge in [-0.15, -0.1) is 0 Å². The monoisotopic (exact) mass is 273 g/mol. The summed E-state index contributed by atoms with van der Waals surface area (Å²) in [7, 11) is 0. The molecule has 1 heterocycles. The van der Waals surface area contributed by atoms with E-state index in [2.05, 4.69) is 5.32 Å². The summed E-state index contributed by atoms with van der Waals surface area (Å²) in [5, 5.41) is 21.6. The van der Waals surface area contributed by atoms with Gasteiger partial charge in [-0.05, 0) is 29.8 Å². The Bertz CT molecular complexity index is 657. The van der Waals surface area contributed by atoms with E-state index >= 15 is 0 Å². The summed E-state index contributed by atoms with van der Waals surface area (Å²) in [4.78, 5) is 12.9. The van der Waals surface area contributed by atoms with Gasteiger partial charge in [0.25, 0.3) is 0 Å². The number of aliphatic hydroxyl groups is 1. The van der Waals surface area contributed by atoms with Crippen LogP contribution in [0.2, 0.25) is 0 Å². The molecule has 2 aromatic rings. The molecule has 0 saturated heterocycles. The molecule has 3 N–H and O–H groups in total. The van der Waals surface area contributed by atoms with Gasteiger partial charge in [0.1, 0.15) is 0 Å². The summed E-state index contributed by atoms with van der Waals surface area (Å²) < 4.78 is 0. The van der Waals surface area contributed by atoms with Crippen LogP contribution in [0, 0.1) is 0 Å². The van der Waals surface area contributed by atoms with Crippen LogP contribution in [0.3, 0.4) is 0 Å². The van der Waals surface area contributed by atoms with Crippen molar-refractivity contribution in [2.75, 3.05) is 5.32 Å². The molecule has 19 heavy (non-hydrogen) atoms. The normalized spacial score (nSPS) is 13.9. The molecule has 3 rings (SSSR count). The van der Waals surface area contributed by atoms with Crippen molar-refractivity contribution in [3.63, 3.8) is 0 Å². The number of aliphatic hydroxyl groups excluding tert-OH is 1. The topological polar surface area (TPSA) is 69.6 Å². The Hall–Kier alpha value is -1.98. The summed E-state index contributed by atoms with van der Waals surface area (Å²) in [6, 6.07) is 13.0. The number of carboxylic acid groups (broad SMARTS) is 1. The maximum Gasteiger partial charge on any atom is 0.337 e. The highest BCUT2D eigenvalue weighted by molar-refractivity contribution is 7.99. The largest absolute Gasteiger partial charge is 0.479 e. The number of rotatable bonds is 2. The van der Waals surface area contributed by atoms with Gasteiger partial charge in [-0.25, -0.2) is 4.79 Å². The lowest BCUT2D eigenvalue weighted by Gasteiger charge is -2.21. The Kier molecular flexibility index (Phi) is 2.93. The molecule has 2 aromatic carbocycles. The number of carbonyl (C=O) groups is 1. The van der Waals surface area contributed by atoms with Gasteiger partial charge in [0, 0.05) is 9.79 Å². The highest BCUT2D eigenvalue weighted by atomic mass is 32.2. The van der Waals surface area contributed by atoms with Crippen molar-refractivity contribution >= 4 is 29.1 Å². The van der Waals surface area contributed by atoms with Gasteiger partial charge >= 0.3 is 5.97 Å². The highest BCUT2D eigenvalue weighted by Gasteiger charge is 2.20. The molecule has 1 aliphatic rings. The second-order valence-electron chi connectivity index (χ2n) is 4.22. The fraction of sp³-hybridized carbons (Fsp3) is 0.0714. The second-order valence-corrected chi connectivity index (χ2v) is 5.30. The highest BCUT2D eigenvalue weighted by Crippen LogP contribution is 2.44. The maximum atomic E-state index is 10.8. The van der Waals surface area contributed by atoms with E-state index in [1.54, 1.807) is 23.9 Å². The molecule has 5 heteroatoms. The number of para-hydroxylation sites is 1. The van der Waals surface area contributed by atoms with E-state index in [9.17, 15) is 9.90 Å². The molecule has 1 unspecified atom stereocenters. The number of carboxylic acids is 1. The zero-order valence-corrected chi connectivity index (χ0v) is 10.6. The lowest BCUT2D eigenvalue weighted by atomic mass is 10.1. The lowest BCUT2D eigenvalue weighted by Crippen LogP contribution is -2.11. The number of anilines is 2. The number of benzene rings is 2. The van der Waals surface area contributed by atoms with Crippen LogP contribution in [0.4, 0.5) is 11.4 Å². The van der Waals surface area contributed by atoms with Gasteiger partial charge in [-0.1, -0.05) is 30.0 Å². The predicted octanol–water partition coefficient (Wildman–Crippen LogP) is 3.01. The summed E-state index contributed by atoms with van der Waals surface area (Å²) in [6.45, 7) is 0. The van der Waals surface area contributed by atoms with E-state index in [1.807, 2.05) is 30.3 Å². The molecule has 0 fully saturated rings. The zero-order chi connectivity index (χ0) is 13.4. The van der Waals surface area contributed by atoms with Crippen molar-refractivity contribution in [2.45, 2.75) is 15.9 Å². The molecule has 0 radical (unpaired) electrons. The molecule has 1 atom stereocenters. The van der Waals surface area contributed by atoms with Gasteiger partial charge < -0.3 is 15.5 Å². The molecule has 0 amide bonds. The molecule has 0 saturated carbocycles. The summed E-state index contributed by atoms with van der Waals surface area (Å²) in [6.07, 6.45) is -1.49. The van der Waals surface area contributed by atoms with E-state index in [4.69, 9.17) is 5.11 Å². The van der Waals surface area contributed by atoms with Crippen LogP contribution < -0.4 is 5.32 Å². The SMILES string of the molecule is O=C(O)C(O)c1ccc2c(c1)Nc1ccccc1S2. The van der Waals surface area contributed by atoms with E-state index < -0.39 is 12.1 Å². The van der Waals surface area contributed by atoms with E-state index in [1.165, 1.54) is 0 Å². The first kappa shape index (κ1) is 12.1. The number of hydrogen-bond donors (Lipinski definition) is 3. The molecular weight excluding hydrogens is 262 g/mol. The number of nitrogens with one attached hydrogen (secondary N) is 1. The number of fused-ring (bicyclic) bond motifs is 2. The van der Waals surface area contributed by atoms with Gasteiger partial charge in [0.05, 0.1) is 11.4 Å². The van der Waals surface area contributed by atoms with Crippen molar-refractivity contribution in [1.82, 2.24) is 0 Å². The molecule has 4 nitrogen and oxygen atoms in total. The van der Waals surface area contributed by atoms with Crippen LogP contribution in [0.15, 0.2) is 52.3 Å². The third-order valence-electron chi connectivity index (χ3n) is 2.93. The summed E-state index contributed by atoms with van der Waals surface area (Å²) in [5.74, 6) is -1.25. The van der Waals surface area contributed by atoms with E-state index in [-0.39, 0.29) is 0 Å². The summed E-state index contributed by atoms with van der Waals surface area (Å²) >= 11 is 1.62. The van der Waals surface area contributed by atoms with Gasteiger partial charge in [0.15, 0.2) is 6.10 Å². The Labute approximate surface area is 114 Å². The van der Waals surface area contributed by atoms with Crippen molar-refractivity contribution in [1.29, 1.82) is 0 Å². The molecule has 0 spiro atoms. The lowest BCUT2D eigenvalue weighted by molar-refractivity contribution is -0.146. The number of hydrogen-bond acceptors (Lipinski definition) is 4. The zero-order valence-electron chi connectivity index (χ0n) is 9.83. The van der Waals surface area contributed by atoms with Crippen LogP contribution in [0.25, 0.3) is 0 Å². The van der Waals surface area contributed by atoms with Gasteiger partial charge in [-0.2, -0.15) is 0 Å². The first-order valence-corrected chi connectivity index (χ1v) is 6.55. The first-order valence-electron chi connectivity index (χ1n) is 5.74. The minimum atomic E-state index is -1.49. The molecule has 96 valence electrons. The molecule has 0 bridgehead atoms. The van der Waals surface area contributed by atoms with Gasteiger partial charge in [0.2, 0.25) is 0 Å². The van der Waals surface area contributed by atoms with Crippen molar-refractivity contribution < 1.29 is 15.0 Å². The van der Waals surface area contributed by atoms with Crippen LogP contribution in [0.5, 0.6) is 0 Å². The Balaban J connectivity index is 1.98. The first-order chi connectivity index (χ1) is 9.15. The Morgan fingerprint density at radius 3 is 2.63 bits per heavy atom. The van der Waals surface area contributed by atoms with Crippen molar-refractivity contribution in [3.8, 4) is 0 Å². The quantitative estimate of drug-likeness (QED) is 0.669. The predicted molar refractivity (Wildman–Crippen MR) is 72.9 cm³/mol. The van der Waals surface area contributed by atoms with Gasteiger partial charge in [-0.3, -0.25) is 0 Å². The Morgan fingerprint density at radius 2 is 1.84 bits per heavy atom. The minimum Gasteiger partial charge on any atom is -0.479 e. The Morgan fingerprint density at radius 1 is 1.11 bits per heavy atom. The number of aliphatic carboxylic acids is 1. The third-order valence-corrected chi connectivity index (χ3v) is 4.08. The maximum absolute atomic E-state index is 10.8. The standard InChI is InChI=1S/C14H11NO3S/c16-13(14(17)18)8-5-6-12-10(7-8)15-9-3-1-2-4-11(9)19-12/h1-7,13,15-16H,(H,17,18). The van der Waals surface area contributed by atoms with Crippen LogP contribution in [-0.4, -0.2) is 16.2 Å². The smallest absolute Gasteiger partial charge is 0.337 e.